The van der Waals surface area contributed by atoms with E-state index in [9.17, 15) is 5.11 Å². The summed E-state index contributed by atoms with van der Waals surface area (Å²) < 4.78 is 1.57. The van der Waals surface area contributed by atoms with Crippen LogP contribution in [-0.2, 0) is 0 Å². The maximum absolute atomic E-state index is 10.9. The van der Waals surface area contributed by atoms with Gasteiger partial charge >= 0.3 is 0 Å². The van der Waals surface area contributed by atoms with E-state index >= 15 is 0 Å². The van der Waals surface area contributed by atoms with Crippen LogP contribution in [-0.4, -0.2) is 62.2 Å². The van der Waals surface area contributed by atoms with E-state index in [0.717, 1.165) is 42.6 Å². The maximum atomic E-state index is 10.9. The van der Waals surface area contributed by atoms with Crippen molar-refractivity contribution in [3.05, 3.63) is 46.1 Å². The molecule has 1 atom stereocenters. The van der Waals surface area contributed by atoms with Gasteiger partial charge in [0.1, 0.15) is 5.82 Å². The number of aryl methyl sites for hydroxylation is 2. The summed E-state index contributed by atoms with van der Waals surface area (Å²) in [6.07, 6.45) is 0. The lowest BCUT2D eigenvalue weighted by molar-refractivity contribution is 0.113. The molecule has 1 aromatic carbocycles. The molecule has 2 aromatic heterocycles. The van der Waals surface area contributed by atoms with E-state index in [2.05, 4.69) is 58.0 Å². The standard InChI is InChI=1S/C19H25N5OS/c1-4-22-9-11-23(12-10-22)16(15-7-5-13(2)6-8-15)17-18(25)24-19(26-17)20-14(3)21-24/h5-8,16,25H,4,9-12H2,1-3H3/t16-/m0/s1. The molecule has 1 aliphatic heterocycles. The molecule has 0 aliphatic carbocycles. The van der Waals surface area contributed by atoms with Gasteiger partial charge in [0.05, 0.1) is 10.9 Å². The second-order valence-electron chi connectivity index (χ2n) is 6.93. The predicted molar refractivity (Wildman–Crippen MR) is 104 cm³/mol. The minimum Gasteiger partial charge on any atom is -0.492 e. The van der Waals surface area contributed by atoms with Crippen molar-refractivity contribution in [3.63, 3.8) is 0 Å². The average molecular weight is 372 g/mol. The van der Waals surface area contributed by atoms with E-state index < -0.39 is 0 Å². The molecule has 3 aromatic rings. The van der Waals surface area contributed by atoms with Crippen molar-refractivity contribution >= 4 is 16.3 Å². The Kier molecular flexibility index (Phi) is 4.69. The van der Waals surface area contributed by atoms with Crippen LogP contribution in [0.1, 0.15) is 34.8 Å². The van der Waals surface area contributed by atoms with Crippen molar-refractivity contribution in [2.75, 3.05) is 32.7 Å². The summed E-state index contributed by atoms with van der Waals surface area (Å²) in [5, 5.41) is 15.2. The van der Waals surface area contributed by atoms with E-state index in [-0.39, 0.29) is 11.9 Å². The second-order valence-corrected chi connectivity index (χ2v) is 7.94. The number of thiazole rings is 1. The first kappa shape index (κ1) is 17.5. The van der Waals surface area contributed by atoms with Crippen LogP contribution in [0.4, 0.5) is 0 Å². The molecule has 1 saturated heterocycles. The summed E-state index contributed by atoms with van der Waals surface area (Å²) >= 11 is 1.54. The van der Waals surface area contributed by atoms with Crippen molar-refractivity contribution in [1.82, 2.24) is 24.4 Å². The highest BCUT2D eigenvalue weighted by molar-refractivity contribution is 7.17. The highest BCUT2D eigenvalue weighted by atomic mass is 32.1. The molecule has 0 amide bonds. The number of aromatic hydroxyl groups is 1. The second kappa shape index (κ2) is 6.98. The quantitative estimate of drug-likeness (QED) is 0.764. The lowest BCUT2D eigenvalue weighted by Gasteiger charge is -2.38. The topological polar surface area (TPSA) is 56.9 Å². The molecule has 138 valence electrons. The van der Waals surface area contributed by atoms with E-state index in [4.69, 9.17) is 0 Å². The van der Waals surface area contributed by atoms with Crippen LogP contribution in [0.25, 0.3) is 4.96 Å². The number of rotatable bonds is 4. The molecular formula is C19H25N5OS. The summed E-state index contributed by atoms with van der Waals surface area (Å²) in [5.74, 6) is 0.899. The maximum Gasteiger partial charge on any atom is 0.230 e. The van der Waals surface area contributed by atoms with Crippen molar-refractivity contribution in [3.8, 4) is 5.88 Å². The molecular weight excluding hydrogens is 346 g/mol. The molecule has 0 radical (unpaired) electrons. The minimum absolute atomic E-state index is 0.0309. The molecule has 0 saturated carbocycles. The zero-order chi connectivity index (χ0) is 18.3. The van der Waals surface area contributed by atoms with Gasteiger partial charge in [0.15, 0.2) is 0 Å². The Morgan fingerprint density at radius 3 is 2.42 bits per heavy atom. The van der Waals surface area contributed by atoms with Gasteiger partial charge < -0.3 is 10.0 Å². The van der Waals surface area contributed by atoms with Gasteiger partial charge in [0.2, 0.25) is 10.8 Å². The zero-order valence-corrected chi connectivity index (χ0v) is 16.3. The SMILES string of the molecule is CCN1CCN([C@@H](c2ccc(C)cc2)c2sc3nc(C)nn3c2O)CC1. The number of likely N-dealkylation sites (N-methyl/N-ethyl adjacent to an activating group) is 1. The van der Waals surface area contributed by atoms with Crippen LogP contribution in [0.15, 0.2) is 24.3 Å². The third-order valence-corrected chi connectivity index (χ3v) is 6.24. The molecule has 0 spiro atoms. The van der Waals surface area contributed by atoms with Crippen LogP contribution < -0.4 is 0 Å². The van der Waals surface area contributed by atoms with E-state index in [0.29, 0.717) is 5.82 Å². The Balaban J connectivity index is 1.75. The van der Waals surface area contributed by atoms with Crippen LogP contribution in [0.5, 0.6) is 5.88 Å². The largest absolute Gasteiger partial charge is 0.492 e. The summed E-state index contributed by atoms with van der Waals surface area (Å²) in [6, 6.07) is 8.66. The minimum atomic E-state index is 0.0309. The van der Waals surface area contributed by atoms with Crippen molar-refractivity contribution < 1.29 is 5.11 Å². The first-order valence-electron chi connectivity index (χ1n) is 9.15. The fourth-order valence-electron chi connectivity index (χ4n) is 3.64. The van der Waals surface area contributed by atoms with E-state index in [1.165, 1.54) is 22.5 Å². The van der Waals surface area contributed by atoms with E-state index in [1.54, 1.807) is 4.52 Å². The summed E-state index contributed by atoms with van der Waals surface area (Å²) in [7, 11) is 0. The van der Waals surface area contributed by atoms with Crippen molar-refractivity contribution in [2.24, 2.45) is 0 Å². The first-order valence-corrected chi connectivity index (χ1v) is 9.96. The Bertz CT molecular complexity index is 893. The van der Waals surface area contributed by atoms with Gasteiger partial charge in [-0.05, 0) is 26.0 Å². The number of fused-ring (bicyclic) bond motifs is 1. The smallest absolute Gasteiger partial charge is 0.230 e. The Hall–Kier alpha value is -1.96. The molecule has 1 N–H and O–H groups in total. The molecule has 1 fully saturated rings. The lowest BCUT2D eigenvalue weighted by atomic mass is 10.0. The highest BCUT2D eigenvalue weighted by Crippen LogP contribution is 2.40. The van der Waals surface area contributed by atoms with Crippen LogP contribution in [0, 0.1) is 13.8 Å². The van der Waals surface area contributed by atoms with Crippen molar-refractivity contribution in [2.45, 2.75) is 26.8 Å². The number of aromatic nitrogens is 3. The van der Waals surface area contributed by atoms with E-state index in [1.807, 2.05) is 6.92 Å². The van der Waals surface area contributed by atoms with Crippen molar-refractivity contribution in [1.29, 1.82) is 0 Å². The number of benzene rings is 1. The number of nitrogens with zero attached hydrogens (tertiary/aromatic N) is 5. The first-order chi connectivity index (χ1) is 12.6. The van der Waals surface area contributed by atoms with Gasteiger partial charge in [0.25, 0.3) is 0 Å². The molecule has 1 aliphatic rings. The molecule has 0 bridgehead atoms. The fraction of sp³-hybridized carbons (Fsp3) is 0.474. The monoisotopic (exact) mass is 371 g/mol. The van der Waals surface area contributed by atoms with Gasteiger partial charge in [-0.2, -0.15) is 4.52 Å². The predicted octanol–water partition coefficient (Wildman–Crippen LogP) is 2.84. The number of piperazine rings is 1. The van der Waals surface area contributed by atoms with Crippen LogP contribution in [0.3, 0.4) is 0 Å². The molecule has 26 heavy (non-hydrogen) atoms. The average Bonchev–Trinajstić information content (AvgIpc) is 3.15. The molecule has 6 nitrogen and oxygen atoms in total. The van der Waals surface area contributed by atoms with Crippen LogP contribution in [0.2, 0.25) is 0 Å². The third-order valence-electron chi connectivity index (χ3n) is 5.17. The molecule has 3 heterocycles. The third kappa shape index (κ3) is 3.11. The van der Waals surface area contributed by atoms with Crippen LogP contribution >= 0.6 is 11.3 Å². The highest BCUT2D eigenvalue weighted by Gasteiger charge is 2.31. The Morgan fingerprint density at radius 1 is 1.12 bits per heavy atom. The lowest BCUT2D eigenvalue weighted by Crippen LogP contribution is -2.47. The molecule has 7 heteroatoms. The summed E-state index contributed by atoms with van der Waals surface area (Å²) in [4.78, 5) is 11.0. The summed E-state index contributed by atoms with van der Waals surface area (Å²) in [5.41, 5.74) is 2.45. The Labute approximate surface area is 157 Å². The van der Waals surface area contributed by atoms with Gasteiger partial charge in [0, 0.05) is 26.2 Å². The normalized spacial score (nSPS) is 17.8. The van der Waals surface area contributed by atoms with Gasteiger partial charge in [-0.3, -0.25) is 4.90 Å². The van der Waals surface area contributed by atoms with Gasteiger partial charge in [-0.15, -0.1) is 5.10 Å². The molecule has 4 rings (SSSR count). The zero-order valence-electron chi connectivity index (χ0n) is 15.5. The number of hydrogen-bond donors (Lipinski definition) is 1. The Morgan fingerprint density at radius 2 is 1.81 bits per heavy atom. The van der Waals surface area contributed by atoms with Gasteiger partial charge in [-0.25, -0.2) is 4.98 Å². The summed E-state index contributed by atoms with van der Waals surface area (Å²) in [6.45, 7) is 11.3. The number of hydrogen-bond acceptors (Lipinski definition) is 6. The fourth-order valence-corrected chi connectivity index (χ4v) is 4.80. The molecule has 0 unspecified atom stereocenters. The van der Waals surface area contributed by atoms with Gasteiger partial charge in [-0.1, -0.05) is 48.1 Å².